The normalized spacial score (nSPS) is 14.1. The predicted octanol–water partition coefficient (Wildman–Crippen LogP) is 3.65. The third-order valence-corrected chi connectivity index (χ3v) is 4.45. The van der Waals surface area contributed by atoms with Gasteiger partial charge in [0.25, 0.3) is 0 Å². The van der Waals surface area contributed by atoms with Gasteiger partial charge in [0.15, 0.2) is 0 Å². The van der Waals surface area contributed by atoms with Gasteiger partial charge < -0.3 is 4.90 Å². The van der Waals surface area contributed by atoms with Gasteiger partial charge in [0.1, 0.15) is 5.84 Å². The van der Waals surface area contributed by atoms with Gasteiger partial charge in [-0.05, 0) is 29.0 Å². The highest BCUT2D eigenvalue weighted by Gasteiger charge is 2.24. The van der Waals surface area contributed by atoms with E-state index in [1.807, 2.05) is 12.1 Å². The number of fused-ring (bicyclic) bond motifs is 1. The summed E-state index contributed by atoms with van der Waals surface area (Å²) in [6.45, 7) is 3.93. The molecular formula is C15H16N2S. The molecule has 0 saturated heterocycles. The quantitative estimate of drug-likeness (QED) is 0.891. The first kappa shape index (κ1) is 11.5. The van der Waals surface area contributed by atoms with E-state index in [4.69, 9.17) is 5.41 Å². The first-order chi connectivity index (χ1) is 8.79. The highest BCUT2D eigenvalue weighted by atomic mass is 32.1. The van der Waals surface area contributed by atoms with Crippen LogP contribution in [0, 0.1) is 5.41 Å². The van der Waals surface area contributed by atoms with E-state index in [0.29, 0.717) is 5.84 Å². The Labute approximate surface area is 111 Å². The van der Waals surface area contributed by atoms with E-state index in [-0.39, 0.29) is 0 Å². The molecular weight excluding hydrogens is 240 g/mol. The van der Waals surface area contributed by atoms with Crippen LogP contribution in [0.25, 0.3) is 0 Å². The zero-order valence-electron chi connectivity index (χ0n) is 10.4. The Kier molecular flexibility index (Phi) is 2.92. The van der Waals surface area contributed by atoms with Gasteiger partial charge in [-0.2, -0.15) is 0 Å². The van der Waals surface area contributed by atoms with E-state index in [1.54, 1.807) is 11.3 Å². The summed E-state index contributed by atoms with van der Waals surface area (Å²) in [6.07, 6.45) is 1.08. The van der Waals surface area contributed by atoms with Crippen molar-refractivity contribution < 1.29 is 0 Å². The van der Waals surface area contributed by atoms with Crippen molar-refractivity contribution in [2.45, 2.75) is 26.4 Å². The second kappa shape index (κ2) is 4.58. The Morgan fingerprint density at radius 3 is 2.89 bits per heavy atom. The molecule has 0 fully saturated rings. The van der Waals surface area contributed by atoms with Crippen LogP contribution in [-0.4, -0.2) is 10.7 Å². The summed E-state index contributed by atoms with van der Waals surface area (Å²) in [6, 6.07) is 10.4. The maximum atomic E-state index is 8.25. The van der Waals surface area contributed by atoms with Crippen molar-refractivity contribution in [3.8, 4) is 0 Å². The molecule has 0 spiro atoms. The van der Waals surface area contributed by atoms with Crippen molar-refractivity contribution in [3.05, 3.63) is 57.3 Å². The van der Waals surface area contributed by atoms with Crippen LogP contribution in [0.2, 0.25) is 0 Å². The molecule has 0 atom stereocenters. The molecule has 1 aliphatic rings. The fourth-order valence-electron chi connectivity index (χ4n) is 2.47. The molecule has 1 N–H and O–H groups in total. The van der Waals surface area contributed by atoms with Crippen LogP contribution >= 0.6 is 11.3 Å². The molecule has 2 heterocycles. The summed E-state index contributed by atoms with van der Waals surface area (Å²) in [5.41, 5.74) is 3.79. The Morgan fingerprint density at radius 1 is 1.28 bits per heavy atom. The number of aryl methyl sites for hydroxylation is 1. The lowest BCUT2D eigenvalue weighted by atomic mass is 10.1. The van der Waals surface area contributed by atoms with Gasteiger partial charge in [-0.1, -0.05) is 31.2 Å². The Morgan fingerprint density at radius 2 is 2.11 bits per heavy atom. The van der Waals surface area contributed by atoms with E-state index in [9.17, 15) is 0 Å². The van der Waals surface area contributed by atoms with Crippen LogP contribution in [0.3, 0.4) is 0 Å². The average Bonchev–Trinajstić information content (AvgIpc) is 2.96. The maximum Gasteiger partial charge on any atom is 0.129 e. The van der Waals surface area contributed by atoms with Crippen molar-refractivity contribution in [3.63, 3.8) is 0 Å². The van der Waals surface area contributed by atoms with Crippen LogP contribution in [0.15, 0.2) is 35.7 Å². The Bertz CT molecular complexity index is 586. The minimum absolute atomic E-state index is 0.668. The number of amidine groups is 1. The number of benzene rings is 1. The van der Waals surface area contributed by atoms with E-state index < -0.39 is 0 Å². The van der Waals surface area contributed by atoms with Gasteiger partial charge in [0, 0.05) is 17.0 Å². The summed E-state index contributed by atoms with van der Waals surface area (Å²) < 4.78 is 0. The van der Waals surface area contributed by atoms with Gasteiger partial charge in [-0.25, -0.2) is 0 Å². The molecule has 0 unspecified atom stereocenters. The van der Waals surface area contributed by atoms with Crippen LogP contribution < -0.4 is 0 Å². The molecule has 1 aromatic heterocycles. The molecule has 1 aromatic carbocycles. The summed E-state index contributed by atoms with van der Waals surface area (Å²) >= 11 is 1.80. The van der Waals surface area contributed by atoms with Crippen LogP contribution in [0.4, 0.5) is 0 Å². The number of hydrogen-bond donors (Lipinski definition) is 1. The number of hydrogen-bond acceptors (Lipinski definition) is 2. The predicted molar refractivity (Wildman–Crippen MR) is 76.2 cm³/mol. The van der Waals surface area contributed by atoms with Gasteiger partial charge in [-0.3, -0.25) is 5.41 Å². The second-order valence-electron chi connectivity index (χ2n) is 4.58. The largest absolute Gasteiger partial charge is 0.347 e. The summed E-state index contributed by atoms with van der Waals surface area (Å²) in [7, 11) is 0. The molecule has 1 aliphatic heterocycles. The van der Waals surface area contributed by atoms with Crippen molar-refractivity contribution >= 4 is 17.2 Å². The third-order valence-electron chi connectivity index (χ3n) is 3.50. The summed E-state index contributed by atoms with van der Waals surface area (Å²) in [5.74, 6) is 0.668. The number of rotatable bonds is 3. The lowest BCUT2D eigenvalue weighted by molar-refractivity contribution is 0.425. The Balaban J connectivity index is 1.83. The van der Waals surface area contributed by atoms with E-state index in [2.05, 4.69) is 35.4 Å². The number of thiophene rings is 1. The van der Waals surface area contributed by atoms with E-state index in [1.165, 1.54) is 16.0 Å². The van der Waals surface area contributed by atoms with Gasteiger partial charge in [0.2, 0.25) is 0 Å². The van der Waals surface area contributed by atoms with Gasteiger partial charge >= 0.3 is 0 Å². The van der Waals surface area contributed by atoms with Crippen molar-refractivity contribution in [2.24, 2.45) is 0 Å². The number of nitrogens with zero attached hydrogens (tertiary/aromatic N) is 1. The zero-order valence-corrected chi connectivity index (χ0v) is 11.3. The highest BCUT2D eigenvalue weighted by molar-refractivity contribution is 7.10. The van der Waals surface area contributed by atoms with Crippen molar-refractivity contribution in [2.75, 3.05) is 0 Å². The molecule has 3 rings (SSSR count). The minimum atomic E-state index is 0.668. The zero-order chi connectivity index (χ0) is 12.5. The van der Waals surface area contributed by atoms with Crippen molar-refractivity contribution in [1.82, 2.24) is 4.90 Å². The molecule has 18 heavy (non-hydrogen) atoms. The molecule has 0 bridgehead atoms. The summed E-state index contributed by atoms with van der Waals surface area (Å²) in [5, 5.41) is 10.4. The SMILES string of the molecule is CCc1ccsc1CN1Cc2ccccc2C1=N. The molecule has 0 amide bonds. The second-order valence-corrected chi connectivity index (χ2v) is 5.59. The standard InChI is InChI=1S/C15H16N2S/c1-2-11-7-8-18-14(11)10-17-9-12-5-3-4-6-13(12)15(17)16/h3-8,16H,2,9-10H2,1H3. The fraction of sp³-hybridized carbons (Fsp3) is 0.267. The van der Waals surface area contributed by atoms with Crippen LogP contribution in [0.1, 0.15) is 28.5 Å². The van der Waals surface area contributed by atoms with Gasteiger partial charge in [0.05, 0.1) is 6.54 Å². The third kappa shape index (κ3) is 1.85. The summed E-state index contributed by atoms with van der Waals surface area (Å²) in [4.78, 5) is 3.56. The molecule has 3 heteroatoms. The topological polar surface area (TPSA) is 27.1 Å². The fourth-order valence-corrected chi connectivity index (χ4v) is 3.46. The molecule has 0 aliphatic carbocycles. The van der Waals surface area contributed by atoms with Crippen LogP contribution in [-0.2, 0) is 19.5 Å². The minimum Gasteiger partial charge on any atom is -0.347 e. The molecule has 0 radical (unpaired) electrons. The highest BCUT2D eigenvalue weighted by Crippen LogP contribution is 2.27. The molecule has 0 saturated carbocycles. The first-order valence-corrected chi connectivity index (χ1v) is 7.14. The lowest BCUT2D eigenvalue weighted by Gasteiger charge is -2.17. The monoisotopic (exact) mass is 256 g/mol. The smallest absolute Gasteiger partial charge is 0.129 e. The average molecular weight is 256 g/mol. The van der Waals surface area contributed by atoms with Crippen LogP contribution in [0.5, 0.6) is 0 Å². The van der Waals surface area contributed by atoms with E-state index >= 15 is 0 Å². The molecule has 92 valence electrons. The molecule has 2 nitrogen and oxygen atoms in total. The number of nitrogens with one attached hydrogen (secondary N) is 1. The van der Waals surface area contributed by atoms with E-state index in [0.717, 1.165) is 25.1 Å². The molecule has 2 aromatic rings. The Hall–Kier alpha value is -1.61. The van der Waals surface area contributed by atoms with Crippen molar-refractivity contribution in [1.29, 1.82) is 5.41 Å². The maximum absolute atomic E-state index is 8.25. The lowest BCUT2D eigenvalue weighted by Crippen LogP contribution is -2.23. The van der Waals surface area contributed by atoms with Gasteiger partial charge in [-0.15, -0.1) is 11.3 Å². The first-order valence-electron chi connectivity index (χ1n) is 6.26.